The number of nitrogens with zero attached hydrogens (tertiary/aromatic N) is 2. The molecule has 1 aromatic rings. The van der Waals surface area contributed by atoms with Crippen molar-refractivity contribution in [1.82, 2.24) is 10.3 Å². The largest absolute Gasteiger partial charge is 0.352 e. The standard InChI is InChI=1S/C12H14ClN3O3/c1-7(8-2-3-8)6-15-12(17)9-4-5-14-11(13)10(9)16(18)19/h4-5,7-8H,2-3,6H2,1H3,(H,15,17). The second-order valence-corrected chi connectivity index (χ2v) is 5.14. The Bertz CT molecular complexity index is 517. The van der Waals surface area contributed by atoms with Gasteiger partial charge in [0.05, 0.1) is 4.92 Å². The van der Waals surface area contributed by atoms with Gasteiger partial charge in [0.25, 0.3) is 5.91 Å². The van der Waals surface area contributed by atoms with E-state index in [1.54, 1.807) is 0 Å². The summed E-state index contributed by atoms with van der Waals surface area (Å²) in [6.45, 7) is 2.58. The molecule has 1 saturated carbocycles. The van der Waals surface area contributed by atoms with Crippen LogP contribution in [0.3, 0.4) is 0 Å². The number of nitrogens with one attached hydrogen (secondary N) is 1. The third-order valence-electron chi connectivity index (χ3n) is 3.32. The van der Waals surface area contributed by atoms with Gasteiger partial charge in [-0.3, -0.25) is 14.9 Å². The van der Waals surface area contributed by atoms with Gasteiger partial charge in [0.15, 0.2) is 0 Å². The van der Waals surface area contributed by atoms with E-state index in [1.165, 1.54) is 25.1 Å². The van der Waals surface area contributed by atoms with Crippen molar-refractivity contribution in [3.63, 3.8) is 0 Å². The van der Waals surface area contributed by atoms with E-state index in [4.69, 9.17) is 11.6 Å². The summed E-state index contributed by atoms with van der Waals surface area (Å²) in [5.74, 6) is 0.570. The van der Waals surface area contributed by atoms with Crippen molar-refractivity contribution in [1.29, 1.82) is 0 Å². The highest BCUT2D eigenvalue weighted by Crippen LogP contribution is 2.36. The number of nitro groups is 1. The van der Waals surface area contributed by atoms with Crippen LogP contribution in [0.15, 0.2) is 12.3 Å². The van der Waals surface area contributed by atoms with Crippen molar-refractivity contribution in [3.8, 4) is 0 Å². The summed E-state index contributed by atoms with van der Waals surface area (Å²) in [5, 5.41) is 13.3. The van der Waals surface area contributed by atoms with Crippen LogP contribution in [0.5, 0.6) is 0 Å². The van der Waals surface area contributed by atoms with Crippen LogP contribution in [-0.2, 0) is 0 Å². The Balaban J connectivity index is 2.09. The van der Waals surface area contributed by atoms with Crippen LogP contribution in [0.2, 0.25) is 5.15 Å². The topological polar surface area (TPSA) is 85.1 Å². The van der Waals surface area contributed by atoms with Crippen LogP contribution in [0, 0.1) is 22.0 Å². The molecule has 0 spiro atoms. The summed E-state index contributed by atoms with van der Waals surface area (Å²) < 4.78 is 0. The van der Waals surface area contributed by atoms with Gasteiger partial charge in [-0.1, -0.05) is 18.5 Å². The lowest BCUT2D eigenvalue weighted by molar-refractivity contribution is -0.385. The molecule has 1 N–H and O–H groups in total. The fourth-order valence-corrected chi connectivity index (χ4v) is 2.19. The van der Waals surface area contributed by atoms with Gasteiger partial charge >= 0.3 is 5.69 Å². The predicted octanol–water partition coefficient (Wildman–Crippen LogP) is 2.42. The van der Waals surface area contributed by atoms with Gasteiger partial charge in [0, 0.05) is 12.7 Å². The maximum atomic E-state index is 12.0. The first-order valence-electron chi connectivity index (χ1n) is 6.07. The van der Waals surface area contributed by atoms with E-state index in [-0.39, 0.29) is 10.7 Å². The minimum atomic E-state index is -0.686. The Morgan fingerprint density at radius 2 is 2.37 bits per heavy atom. The molecule has 0 radical (unpaired) electrons. The van der Waals surface area contributed by atoms with E-state index in [9.17, 15) is 14.9 Å². The summed E-state index contributed by atoms with van der Waals surface area (Å²) in [7, 11) is 0. The van der Waals surface area contributed by atoms with Crippen LogP contribution >= 0.6 is 11.6 Å². The lowest BCUT2D eigenvalue weighted by atomic mass is 10.1. The molecule has 102 valence electrons. The number of rotatable bonds is 5. The molecule has 1 atom stereocenters. The summed E-state index contributed by atoms with van der Waals surface area (Å²) in [6.07, 6.45) is 3.67. The zero-order valence-electron chi connectivity index (χ0n) is 10.4. The number of hydrogen-bond acceptors (Lipinski definition) is 4. The lowest BCUT2D eigenvalue weighted by Gasteiger charge is -2.11. The van der Waals surface area contributed by atoms with Crippen LogP contribution in [0.25, 0.3) is 0 Å². The first kappa shape index (κ1) is 13.7. The second kappa shape index (κ2) is 5.52. The molecular weight excluding hydrogens is 270 g/mol. The van der Waals surface area contributed by atoms with Gasteiger partial charge in [-0.25, -0.2) is 4.98 Å². The van der Waals surface area contributed by atoms with Gasteiger partial charge in [0.2, 0.25) is 5.15 Å². The predicted molar refractivity (Wildman–Crippen MR) is 70.1 cm³/mol. The van der Waals surface area contributed by atoms with Gasteiger partial charge < -0.3 is 5.32 Å². The van der Waals surface area contributed by atoms with Gasteiger partial charge in [-0.15, -0.1) is 0 Å². The Morgan fingerprint density at radius 3 is 2.95 bits per heavy atom. The number of hydrogen-bond donors (Lipinski definition) is 1. The minimum Gasteiger partial charge on any atom is -0.352 e. The molecule has 2 rings (SSSR count). The fourth-order valence-electron chi connectivity index (χ4n) is 1.97. The Kier molecular flexibility index (Phi) is 3.99. The van der Waals surface area contributed by atoms with Crippen LogP contribution < -0.4 is 5.32 Å². The summed E-state index contributed by atoms with van der Waals surface area (Å²) in [4.78, 5) is 25.8. The van der Waals surface area contributed by atoms with Gasteiger partial charge in [-0.2, -0.15) is 0 Å². The SMILES string of the molecule is CC(CNC(=O)c1ccnc(Cl)c1[N+](=O)[O-])C1CC1. The average Bonchev–Trinajstić information content (AvgIpc) is 3.18. The highest BCUT2D eigenvalue weighted by molar-refractivity contribution is 6.32. The Hall–Kier alpha value is -1.69. The molecule has 0 saturated heterocycles. The van der Waals surface area contributed by atoms with Crippen molar-refractivity contribution < 1.29 is 9.72 Å². The Morgan fingerprint density at radius 1 is 1.68 bits per heavy atom. The van der Waals surface area contributed by atoms with Crippen LogP contribution in [0.4, 0.5) is 5.69 Å². The second-order valence-electron chi connectivity index (χ2n) is 4.78. The summed E-state index contributed by atoms with van der Waals surface area (Å²) in [6, 6.07) is 1.31. The molecule has 1 fully saturated rings. The molecule has 0 aromatic carbocycles. The quantitative estimate of drug-likeness (QED) is 0.511. The van der Waals surface area contributed by atoms with E-state index in [0.29, 0.717) is 18.4 Å². The maximum Gasteiger partial charge on any atom is 0.319 e. The van der Waals surface area contributed by atoms with E-state index >= 15 is 0 Å². The number of halogens is 1. The summed E-state index contributed by atoms with van der Waals surface area (Å²) in [5.41, 5.74) is -0.492. The van der Waals surface area contributed by atoms with Crippen molar-refractivity contribution >= 4 is 23.2 Å². The highest BCUT2D eigenvalue weighted by Gasteiger charge is 2.29. The first-order chi connectivity index (χ1) is 9.00. The molecule has 1 aliphatic rings. The van der Waals surface area contributed by atoms with Crippen molar-refractivity contribution in [2.24, 2.45) is 11.8 Å². The van der Waals surface area contributed by atoms with E-state index < -0.39 is 16.5 Å². The van der Waals surface area contributed by atoms with Crippen LogP contribution in [-0.4, -0.2) is 22.4 Å². The van der Waals surface area contributed by atoms with Gasteiger partial charge in [0.1, 0.15) is 5.56 Å². The Labute approximate surface area is 115 Å². The third kappa shape index (κ3) is 3.20. The minimum absolute atomic E-state index is 0.0482. The fraction of sp³-hybridized carbons (Fsp3) is 0.500. The number of carbonyl (C=O) groups is 1. The number of pyridine rings is 1. The smallest absolute Gasteiger partial charge is 0.319 e. The first-order valence-corrected chi connectivity index (χ1v) is 6.45. The number of aromatic nitrogens is 1. The van der Waals surface area contributed by atoms with Crippen molar-refractivity contribution in [3.05, 3.63) is 33.1 Å². The average molecular weight is 284 g/mol. The van der Waals surface area contributed by atoms with E-state index in [2.05, 4.69) is 17.2 Å². The molecular formula is C12H14ClN3O3. The molecule has 1 heterocycles. The van der Waals surface area contributed by atoms with Crippen LogP contribution in [0.1, 0.15) is 30.1 Å². The zero-order valence-corrected chi connectivity index (χ0v) is 11.2. The molecule has 19 heavy (non-hydrogen) atoms. The molecule has 1 unspecified atom stereocenters. The molecule has 1 aliphatic carbocycles. The van der Waals surface area contributed by atoms with E-state index in [1.807, 2.05) is 0 Å². The normalized spacial score (nSPS) is 15.9. The monoisotopic (exact) mass is 283 g/mol. The molecule has 1 aromatic heterocycles. The molecule has 7 heteroatoms. The third-order valence-corrected chi connectivity index (χ3v) is 3.59. The molecule has 1 amide bonds. The maximum absolute atomic E-state index is 12.0. The van der Waals surface area contributed by atoms with Crippen molar-refractivity contribution in [2.45, 2.75) is 19.8 Å². The van der Waals surface area contributed by atoms with E-state index in [0.717, 1.165) is 0 Å². The molecule has 6 nitrogen and oxygen atoms in total. The zero-order chi connectivity index (χ0) is 14.0. The van der Waals surface area contributed by atoms with Gasteiger partial charge in [-0.05, 0) is 30.7 Å². The lowest BCUT2D eigenvalue weighted by Crippen LogP contribution is -2.29. The number of carbonyl (C=O) groups excluding carboxylic acids is 1. The van der Waals surface area contributed by atoms with Crippen molar-refractivity contribution in [2.75, 3.05) is 6.54 Å². The highest BCUT2D eigenvalue weighted by atomic mass is 35.5. The number of amides is 1. The summed E-state index contributed by atoms with van der Waals surface area (Å²) >= 11 is 5.66. The molecule has 0 bridgehead atoms. The molecule has 0 aliphatic heterocycles.